The van der Waals surface area contributed by atoms with Gasteiger partial charge in [-0.3, -0.25) is 4.79 Å². The largest absolute Gasteiger partial charge is 0.391 e. The summed E-state index contributed by atoms with van der Waals surface area (Å²) in [7, 11) is 0. The van der Waals surface area contributed by atoms with Crippen LogP contribution in [0, 0.1) is 5.82 Å². The van der Waals surface area contributed by atoms with Crippen LogP contribution in [0.4, 0.5) is 14.9 Å². The Bertz CT molecular complexity index is 800. The summed E-state index contributed by atoms with van der Waals surface area (Å²) < 4.78 is 13.6. The van der Waals surface area contributed by atoms with Crippen LogP contribution >= 0.6 is 0 Å². The van der Waals surface area contributed by atoms with Crippen molar-refractivity contribution < 1.29 is 19.1 Å². The summed E-state index contributed by atoms with van der Waals surface area (Å²) in [6, 6.07) is 14.1. The Morgan fingerprint density at radius 3 is 2.56 bits per heavy atom. The minimum atomic E-state index is -0.760. The van der Waals surface area contributed by atoms with Crippen molar-refractivity contribution in [3.63, 3.8) is 0 Å². The number of carbonyl (C=O) groups excluding carboxylic acids is 2. The van der Waals surface area contributed by atoms with Gasteiger partial charge in [-0.05, 0) is 30.2 Å². The number of carbonyl (C=O) groups is 2. The molecule has 27 heavy (non-hydrogen) atoms. The van der Waals surface area contributed by atoms with Crippen LogP contribution < -0.4 is 10.6 Å². The van der Waals surface area contributed by atoms with Crippen molar-refractivity contribution in [2.45, 2.75) is 25.0 Å². The lowest BCUT2D eigenvalue weighted by atomic mass is 10.1. The van der Waals surface area contributed by atoms with Crippen molar-refractivity contribution in [1.82, 2.24) is 10.2 Å². The van der Waals surface area contributed by atoms with E-state index in [0.29, 0.717) is 17.7 Å². The molecule has 7 heteroatoms. The maximum absolute atomic E-state index is 13.6. The number of hydrogen-bond donors (Lipinski definition) is 3. The Morgan fingerprint density at radius 2 is 1.81 bits per heavy atom. The van der Waals surface area contributed by atoms with E-state index in [1.165, 1.54) is 11.0 Å². The highest BCUT2D eigenvalue weighted by atomic mass is 19.1. The highest BCUT2D eigenvalue weighted by Gasteiger charge is 2.38. The molecular formula is C20H22FN3O3. The second-order valence-corrected chi connectivity index (χ2v) is 6.49. The third-order valence-corrected chi connectivity index (χ3v) is 4.52. The lowest BCUT2D eigenvalue weighted by Crippen LogP contribution is -2.47. The van der Waals surface area contributed by atoms with Gasteiger partial charge in [0.25, 0.3) is 0 Å². The zero-order valence-corrected chi connectivity index (χ0v) is 14.8. The number of nitrogens with zero attached hydrogens (tertiary/aromatic N) is 1. The van der Waals surface area contributed by atoms with Crippen LogP contribution in [0.1, 0.15) is 12.0 Å². The van der Waals surface area contributed by atoms with E-state index in [1.54, 1.807) is 42.5 Å². The molecule has 2 aromatic carbocycles. The summed E-state index contributed by atoms with van der Waals surface area (Å²) >= 11 is 0. The molecule has 0 aromatic heterocycles. The number of para-hydroxylation sites is 1. The normalized spacial score (nSPS) is 19.0. The van der Waals surface area contributed by atoms with Crippen LogP contribution in [-0.4, -0.2) is 47.2 Å². The van der Waals surface area contributed by atoms with Crippen molar-refractivity contribution in [3.8, 4) is 0 Å². The summed E-state index contributed by atoms with van der Waals surface area (Å²) in [5.74, 6) is -0.669. The van der Waals surface area contributed by atoms with Gasteiger partial charge < -0.3 is 20.6 Å². The minimum absolute atomic E-state index is 0.0874. The third-order valence-electron chi connectivity index (χ3n) is 4.52. The average molecular weight is 371 g/mol. The Morgan fingerprint density at radius 1 is 1.11 bits per heavy atom. The molecule has 3 N–H and O–H groups in total. The van der Waals surface area contributed by atoms with E-state index in [9.17, 15) is 19.1 Å². The van der Waals surface area contributed by atoms with E-state index in [0.717, 1.165) is 0 Å². The first-order valence-corrected chi connectivity index (χ1v) is 8.86. The van der Waals surface area contributed by atoms with Crippen molar-refractivity contribution in [2.24, 2.45) is 0 Å². The fourth-order valence-electron chi connectivity index (χ4n) is 3.14. The van der Waals surface area contributed by atoms with E-state index in [1.807, 2.05) is 6.07 Å². The third kappa shape index (κ3) is 4.83. The molecule has 0 saturated carbocycles. The Balaban J connectivity index is 1.57. The lowest BCUT2D eigenvalue weighted by molar-refractivity contribution is -0.124. The number of β-amino-alcohol motifs (C(OH)–C–C–N with tert-alkyl or cyclic N) is 1. The number of urea groups is 1. The number of hydrogen-bond acceptors (Lipinski definition) is 3. The fourth-order valence-corrected chi connectivity index (χ4v) is 3.14. The molecule has 6 nitrogen and oxygen atoms in total. The molecule has 2 aromatic rings. The molecule has 1 heterocycles. The average Bonchev–Trinajstić information content (AvgIpc) is 3.06. The molecule has 1 saturated heterocycles. The standard InChI is InChI=1S/C20H22FN3O3/c21-17-9-5-4-6-14(17)10-11-22-19(26)18-12-16(25)13-24(18)20(27)23-15-7-2-1-3-8-15/h1-9,16,18,25H,10-13H2,(H,22,26)(H,23,27)/t16-,18+/m0/s1. The van der Waals surface area contributed by atoms with E-state index >= 15 is 0 Å². The van der Waals surface area contributed by atoms with Gasteiger partial charge in [-0.25, -0.2) is 9.18 Å². The van der Waals surface area contributed by atoms with Gasteiger partial charge in [0, 0.05) is 25.2 Å². The first kappa shape index (κ1) is 18.8. The first-order chi connectivity index (χ1) is 13.0. The summed E-state index contributed by atoms with van der Waals surface area (Å²) in [6.07, 6.45) is -0.230. The SMILES string of the molecule is O=C(NCCc1ccccc1F)[C@H]1C[C@H](O)CN1C(=O)Nc1ccccc1. The van der Waals surface area contributed by atoms with Crippen LogP contribution in [0.25, 0.3) is 0 Å². The summed E-state index contributed by atoms with van der Waals surface area (Å²) in [5, 5.41) is 15.4. The number of likely N-dealkylation sites (tertiary alicyclic amines) is 1. The molecular weight excluding hydrogens is 349 g/mol. The molecule has 0 aliphatic carbocycles. The molecule has 0 bridgehead atoms. The number of anilines is 1. The number of halogens is 1. The Hall–Kier alpha value is -2.93. The van der Waals surface area contributed by atoms with Gasteiger partial charge in [0.1, 0.15) is 11.9 Å². The maximum Gasteiger partial charge on any atom is 0.322 e. The smallest absolute Gasteiger partial charge is 0.322 e. The molecule has 2 atom stereocenters. The zero-order chi connectivity index (χ0) is 19.2. The first-order valence-electron chi connectivity index (χ1n) is 8.86. The topological polar surface area (TPSA) is 81.7 Å². The number of benzene rings is 2. The minimum Gasteiger partial charge on any atom is -0.391 e. The molecule has 3 rings (SSSR count). The lowest BCUT2D eigenvalue weighted by Gasteiger charge is -2.24. The van der Waals surface area contributed by atoms with Crippen molar-refractivity contribution >= 4 is 17.6 Å². The highest BCUT2D eigenvalue weighted by molar-refractivity contribution is 5.94. The second-order valence-electron chi connectivity index (χ2n) is 6.49. The number of aliphatic hydroxyl groups excluding tert-OH is 1. The molecule has 3 amide bonds. The number of rotatable bonds is 5. The van der Waals surface area contributed by atoms with E-state index in [4.69, 9.17) is 0 Å². The van der Waals surface area contributed by atoms with E-state index < -0.39 is 18.2 Å². The van der Waals surface area contributed by atoms with Gasteiger partial charge in [0.05, 0.1) is 6.10 Å². The monoisotopic (exact) mass is 371 g/mol. The van der Waals surface area contributed by atoms with Gasteiger partial charge in [0.2, 0.25) is 5.91 Å². The molecule has 1 aliphatic rings. The molecule has 0 spiro atoms. The highest BCUT2D eigenvalue weighted by Crippen LogP contribution is 2.20. The predicted molar refractivity (Wildman–Crippen MR) is 99.7 cm³/mol. The summed E-state index contributed by atoms with van der Waals surface area (Å²) in [5.41, 5.74) is 1.13. The Kier molecular flexibility index (Phi) is 6.03. The number of nitrogens with one attached hydrogen (secondary N) is 2. The van der Waals surface area contributed by atoms with Gasteiger partial charge in [-0.15, -0.1) is 0 Å². The number of amides is 3. The molecule has 1 fully saturated rings. The summed E-state index contributed by atoms with van der Waals surface area (Å²) in [6.45, 7) is 0.338. The molecule has 0 unspecified atom stereocenters. The number of aliphatic hydroxyl groups is 1. The molecule has 0 radical (unpaired) electrons. The van der Waals surface area contributed by atoms with Crippen LogP contribution in [0.2, 0.25) is 0 Å². The van der Waals surface area contributed by atoms with Gasteiger partial charge in [0.15, 0.2) is 0 Å². The van der Waals surface area contributed by atoms with E-state index in [-0.39, 0.29) is 31.2 Å². The summed E-state index contributed by atoms with van der Waals surface area (Å²) in [4.78, 5) is 26.3. The quantitative estimate of drug-likeness (QED) is 0.753. The van der Waals surface area contributed by atoms with Crippen molar-refractivity contribution in [3.05, 3.63) is 66.0 Å². The fraction of sp³-hybridized carbons (Fsp3) is 0.300. The van der Waals surface area contributed by atoms with Crippen molar-refractivity contribution in [1.29, 1.82) is 0 Å². The van der Waals surface area contributed by atoms with Crippen LogP contribution in [0.5, 0.6) is 0 Å². The van der Waals surface area contributed by atoms with Gasteiger partial charge in [-0.1, -0.05) is 36.4 Å². The van der Waals surface area contributed by atoms with Crippen LogP contribution in [0.3, 0.4) is 0 Å². The van der Waals surface area contributed by atoms with Crippen LogP contribution in [0.15, 0.2) is 54.6 Å². The zero-order valence-electron chi connectivity index (χ0n) is 14.8. The van der Waals surface area contributed by atoms with Crippen LogP contribution in [-0.2, 0) is 11.2 Å². The van der Waals surface area contributed by atoms with Gasteiger partial charge in [-0.2, -0.15) is 0 Å². The predicted octanol–water partition coefficient (Wildman–Crippen LogP) is 2.15. The van der Waals surface area contributed by atoms with E-state index in [2.05, 4.69) is 10.6 Å². The van der Waals surface area contributed by atoms with Crippen molar-refractivity contribution in [2.75, 3.05) is 18.4 Å². The second kappa shape index (κ2) is 8.64. The molecule has 1 aliphatic heterocycles. The Labute approximate surface area is 157 Å². The van der Waals surface area contributed by atoms with Gasteiger partial charge >= 0.3 is 6.03 Å². The maximum atomic E-state index is 13.6. The molecule has 142 valence electrons.